The summed E-state index contributed by atoms with van der Waals surface area (Å²) in [7, 11) is 0. The molecule has 1 aliphatic heterocycles. The number of amides is 2. The van der Waals surface area contributed by atoms with Gasteiger partial charge in [0.2, 0.25) is 11.8 Å². The first-order valence-corrected chi connectivity index (χ1v) is 8.30. The topological polar surface area (TPSA) is 88.1 Å². The summed E-state index contributed by atoms with van der Waals surface area (Å²) in [6, 6.07) is 0.134. The lowest BCUT2D eigenvalue weighted by atomic mass is 9.77. The summed E-state index contributed by atoms with van der Waals surface area (Å²) in [5.74, 6) is -0.0831. The molecule has 1 unspecified atom stereocenters. The third kappa shape index (κ3) is 4.10. The molecule has 2 amide bonds. The number of hydrogen-bond donors (Lipinski definition) is 3. The summed E-state index contributed by atoms with van der Waals surface area (Å²) in [5, 5.41) is 13.2. The molecule has 2 fully saturated rings. The Hall–Kier alpha value is -1.89. The molecule has 0 bridgehead atoms. The lowest BCUT2D eigenvalue weighted by Gasteiger charge is -2.38. The minimum absolute atomic E-state index is 0.0384. The van der Waals surface area contributed by atoms with Gasteiger partial charge < -0.3 is 16.0 Å². The molecular formula is C16H25N5O2. The smallest absolute Gasteiger partial charge is 0.242 e. The fraction of sp³-hybridized carbons (Fsp3) is 0.688. The normalized spacial score (nSPS) is 23.3. The van der Waals surface area contributed by atoms with Crippen molar-refractivity contribution in [1.29, 1.82) is 0 Å². The highest BCUT2D eigenvalue weighted by Gasteiger charge is 2.37. The Bertz CT molecular complexity index is 591. The van der Waals surface area contributed by atoms with Crippen LogP contribution in [0.5, 0.6) is 0 Å². The van der Waals surface area contributed by atoms with Crippen LogP contribution in [0, 0.1) is 5.41 Å². The Balaban J connectivity index is 1.55. The fourth-order valence-corrected chi connectivity index (χ4v) is 3.04. The molecule has 7 nitrogen and oxygen atoms in total. The first-order chi connectivity index (χ1) is 10.9. The van der Waals surface area contributed by atoms with Crippen molar-refractivity contribution in [3.05, 3.63) is 12.4 Å². The van der Waals surface area contributed by atoms with E-state index in [1.54, 1.807) is 17.1 Å². The predicted octanol–water partition coefficient (Wildman–Crippen LogP) is 0.878. The Labute approximate surface area is 136 Å². The van der Waals surface area contributed by atoms with E-state index in [1.807, 2.05) is 0 Å². The van der Waals surface area contributed by atoms with Crippen LogP contribution in [0.1, 0.15) is 39.5 Å². The van der Waals surface area contributed by atoms with E-state index < -0.39 is 0 Å². The Kier molecular flexibility index (Phi) is 4.39. The molecule has 0 radical (unpaired) electrons. The number of anilines is 1. The van der Waals surface area contributed by atoms with E-state index in [9.17, 15) is 9.59 Å². The Morgan fingerprint density at radius 1 is 1.43 bits per heavy atom. The number of hydrogen-bond acceptors (Lipinski definition) is 4. The molecule has 3 N–H and O–H groups in total. The van der Waals surface area contributed by atoms with Crippen LogP contribution in [0.3, 0.4) is 0 Å². The average molecular weight is 319 g/mol. The maximum absolute atomic E-state index is 12.5. The average Bonchev–Trinajstić information content (AvgIpc) is 3.17. The van der Waals surface area contributed by atoms with Gasteiger partial charge in [-0.15, -0.1) is 0 Å². The van der Waals surface area contributed by atoms with Crippen LogP contribution >= 0.6 is 0 Å². The number of rotatable bonds is 5. The quantitative estimate of drug-likeness (QED) is 0.752. The number of nitrogens with one attached hydrogen (secondary N) is 3. The van der Waals surface area contributed by atoms with Crippen LogP contribution in [0.2, 0.25) is 0 Å². The minimum atomic E-state index is -0.210. The molecule has 2 heterocycles. The molecular weight excluding hydrogens is 294 g/mol. The van der Waals surface area contributed by atoms with Crippen molar-refractivity contribution in [2.45, 2.75) is 58.2 Å². The molecule has 1 aromatic rings. The van der Waals surface area contributed by atoms with E-state index >= 15 is 0 Å². The molecule has 1 aromatic heterocycles. The molecule has 23 heavy (non-hydrogen) atoms. The monoisotopic (exact) mass is 319 g/mol. The van der Waals surface area contributed by atoms with Crippen LogP contribution in [0.15, 0.2) is 12.4 Å². The van der Waals surface area contributed by atoms with Gasteiger partial charge in [0.1, 0.15) is 6.54 Å². The third-order valence-electron chi connectivity index (χ3n) is 4.54. The van der Waals surface area contributed by atoms with Gasteiger partial charge in [0.05, 0.1) is 17.9 Å². The van der Waals surface area contributed by atoms with Crippen molar-refractivity contribution < 1.29 is 9.59 Å². The van der Waals surface area contributed by atoms with E-state index in [-0.39, 0.29) is 29.8 Å². The van der Waals surface area contributed by atoms with E-state index in [4.69, 9.17) is 0 Å². The predicted molar refractivity (Wildman–Crippen MR) is 86.8 cm³/mol. The Morgan fingerprint density at radius 2 is 2.22 bits per heavy atom. The summed E-state index contributed by atoms with van der Waals surface area (Å²) >= 11 is 0. The number of carbonyl (C=O) groups excluding carboxylic acids is 2. The van der Waals surface area contributed by atoms with Crippen LogP contribution in [-0.2, 0) is 16.1 Å². The number of aromatic nitrogens is 2. The number of carbonyl (C=O) groups is 2. The van der Waals surface area contributed by atoms with Crippen molar-refractivity contribution in [1.82, 2.24) is 20.4 Å². The van der Waals surface area contributed by atoms with Crippen LogP contribution < -0.4 is 16.0 Å². The lowest BCUT2D eigenvalue weighted by Crippen LogP contribution is -2.53. The first kappa shape index (κ1) is 16.0. The van der Waals surface area contributed by atoms with Gasteiger partial charge >= 0.3 is 0 Å². The number of piperidine rings is 1. The Morgan fingerprint density at radius 3 is 2.91 bits per heavy atom. The van der Waals surface area contributed by atoms with Crippen molar-refractivity contribution in [3.63, 3.8) is 0 Å². The standard InChI is InChI=1S/C16H25N5O2/c1-16(2)6-3-7-17-14(16)15(23)20-12-8-18-21(9-12)10-13(22)19-11-4-5-11/h8-9,11,14,17H,3-7,10H2,1-2H3,(H,19,22)(H,20,23). The van der Waals surface area contributed by atoms with Crippen LogP contribution in [0.4, 0.5) is 5.69 Å². The summed E-state index contributed by atoms with van der Waals surface area (Å²) in [5.41, 5.74) is 0.556. The first-order valence-electron chi connectivity index (χ1n) is 8.30. The van der Waals surface area contributed by atoms with Gasteiger partial charge in [0.15, 0.2) is 0 Å². The van der Waals surface area contributed by atoms with Gasteiger partial charge in [0.25, 0.3) is 0 Å². The summed E-state index contributed by atoms with van der Waals surface area (Å²) in [6.45, 7) is 5.26. The molecule has 0 spiro atoms. The maximum Gasteiger partial charge on any atom is 0.242 e. The molecule has 1 saturated heterocycles. The molecule has 1 aliphatic carbocycles. The third-order valence-corrected chi connectivity index (χ3v) is 4.54. The van der Waals surface area contributed by atoms with Crippen molar-refractivity contribution in [3.8, 4) is 0 Å². The van der Waals surface area contributed by atoms with Crippen molar-refractivity contribution in [2.75, 3.05) is 11.9 Å². The van der Waals surface area contributed by atoms with Gasteiger partial charge in [-0.2, -0.15) is 5.10 Å². The highest BCUT2D eigenvalue weighted by molar-refractivity contribution is 5.95. The molecule has 3 rings (SSSR count). The van der Waals surface area contributed by atoms with E-state index in [0.29, 0.717) is 11.7 Å². The lowest BCUT2D eigenvalue weighted by molar-refractivity contribution is -0.122. The molecule has 0 aromatic carbocycles. The zero-order valence-corrected chi connectivity index (χ0v) is 13.8. The highest BCUT2D eigenvalue weighted by Crippen LogP contribution is 2.30. The molecule has 7 heteroatoms. The van der Waals surface area contributed by atoms with E-state index in [2.05, 4.69) is 34.9 Å². The zero-order chi connectivity index (χ0) is 16.4. The van der Waals surface area contributed by atoms with Gasteiger partial charge in [-0.3, -0.25) is 14.3 Å². The summed E-state index contributed by atoms with van der Waals surface area (Å²) < 4.78 is 1.55. The second-order valence-corrected chi connectivity index (χ2v) is 7.24. The molecule has 1 saturated carbocycles. The van der Waals surface area contributed by atoms with Gasteiger partial charge in [-0.05, 0) is 37.6 Å². The number of nitrogens with zero attached hydrogens (tertiary/aromatic N) is 2. The summed E-state index contributed by atoms with van der Waals surface area (Å²) in [4.78, 5) is 24.2. The van der Waals surface area contributed by atoms with Crippen LogP contribution in [-0.4, -0.2) is 40.2 Å². The van der Waals surface area contributed by atoms with Crippen LogP contribution in [0.25, 0.3) is 0 Å². The maximum atomic E-state index is 12.5. The second-order valence-electron chi connectivity index (χ2n) is 7.24. The van der Waals surface area contributed by atoms with Crippen molar-refractivity contribution in [2.24, 2.45) is 5.41 Å². The highest BCUT2D eigenvalue weighted by atomic mass is 16.2. The summed E-state index contributed by atoms with van der Waals surface area (Å²) in [6.07, 6.45) is 7.52. The molecule has 126 valence electrons. The van der Waals surface area contributed by atoms with E-state index in [0.717, 1.165) is 32.2 Å². The zero-order valence-electron chi connectivity index (χ0n) is 13.8. The largest absolute Gasteiger partial charge is 0.352 e. The second kappa shape index (κ2) is 6.31. The van der Waals surface area contributed by atoms with Gasteiger partial charge in [-0.1, -0.05) is 13.8 Å². The minimum Gasteiger partial charge on any atom is -0.352 e. The van der Waals surface area contributed by atoms with Gasteiger partial charge in [-0.25, -0.2) is 0 Å². The fourth-order valence-electron chi connectivity index (χ4n) is 3.04. The SMILES string of the molecule is CC1(C)CCCNC1C(=O)Nc1cnn(CC(=O)NC2CC2)c1. The van der Waals surface area contributed by atoms with Crippen molar-refractivity contribution >= 4 is 17.5 Å². The van der Waals surface area contributed by atoms with Gasteiger partial charge in [0, 0.05) is 12.2 Å². The molecule has 2 aliphatic rings. The molecule has 1 atom stereocenters. The van der Waals surface area contributed by atoms with E-state index in [1.165, 1.54) is 0 Å².